The Hall–Kier alpha value is -3.04. The van der Waals surface area contributed by atoms with Gasteiger partial charge in [-0.25, -0.2) is 12.7 Å². The van der Waals surface area contributed by atoms with Gasteiger partial charge in [0.25, 0.3) is 5.69 Å². The van der Waals surface area contributed by atoms with E-state index in [4.69, 9.17) is 0 Å². The number of rotatable bonds is 7. The number of nitro benzene ring substituents is 1. The maximum Gasteiger partial charge on any atom is 0.292 e. The van der Waals surface area contributed by atoms with E-state index in [0.717, 1.165) is 4.31 Å². The van der Waals surface area contributed by atoms with E-state index in [2.05, 4.69) is 5.32 Å². The van der Waals surface area contributed by atoms with Crippen molar-refractivity contribution in [2.45, 2.75) is 4.90 Å². The van der Waals surface area contributed by atoms with Crippen LogP contribution in [0.5, 0.6) is 0 Å². The molecule has 0 aliphatic rings. The van der Waals surface area contributed by atoms with Crippen LogP contribution in [0.15, 0.2) is 53.4 Å². The summed E-state index contributed by atoms with van der Waals surface area (Å²) in [6, 6.07) is 10.2. The molecule has 0 saturated carbocycles. The summed E-state index contributed by atoms with van der Waals surface area (Å²) in [6.07, 6.45) is 2.70. The van der Waals surface area contributed by atoms with Gasteiger partial charge in [-0.1, -0.05) is 24.3 Å². The largest absolute Gasteiger partial charge is 0.383 e. The minimum absolute atomic E-state index is 0.0146. The summed E-state index contributed by atoms with van der Waals surface area (Å²) in [5, 5.41) is 13.8. The number of allylic oxidation sites excluding steroid dienone is 1. The standard InChI is InChI=1S/C18H19N3O5S/c1-19-16-9-7-13(11-17(16)21(23)24)8-10-18(22)14-5-4-6-15(12-14)27(25,26)20(2)3/h4-12,19H,1-3H3/b10-8+. The van der Waals surface area contributed by atoms with E-state index >= 15 is 0 Å². The van der Waals surface area contributed by atoms with Gasteiger partial charge in [0.15, 0.2) is 5.78 Å². The number of nitro groups is 1. The lowest BCUT2D eigenvalue weighted by Crippen LogP contribution is -2.22. The Morgan fingerprint density at radius 2 is 1.89 bits per heavy atom. The number of carbonyl (C=O) groups excluding carboxylic acids is 1. The van der Waals surface area contributed by atoms with Crippen molar-refractivity contribution < 1.29 is 18.1 Å². The zero-order valence-corrected chi connectivity index (χ0v) is 15.9. The lowest BCUT2D eigenvalue weighted by atomic mass is 10.1. The Kier molecular flexibility index (Phi) is 6.09. The molecule has 0 aliphatic carbocycles. The molecular formula is C18H19N3O5S. The van der Waals surface area contributed by atoms with Crippen molar-refractivity contribution in [3.63, 3.8) is 0 Å². The molecule has 142 valence electrons. The van der Waals surface area contributed by atoms with Crippen LogP contribution in [0, 0.1) is 10.1 Å². The minimum atomic E-state index is -3.65. The molecule has 0 aliphatic heterocycles. The molecule has 0 unspecified atom stereocenters. The number of benzene rings is 2. The van der Waals surface area contributed by atoms with E-state index in [1.54, 1.807) is 19.2 Å². The predicted octanol–water partition coefficient (Wildman–Crippen LogP) is 2.78. The lowest BCUT2D eigenvalue weighted by molar-refractivity contribution is -0.384. The minimum Gasteiger partial charge on any atom is -0.383 e. The maximum atomic E-state index is 12.4. The van der Waals surface area contributed by atoms with Crippen molar-refractivity contribution in [3.8, 4) is 0 Å². The fourth-order valence-electron chi connectivity index (χ4n) is 2.30. The van der Waals surface area contributed by atoms with Crippen molar-refractivity contribution >= 4 is 33.3 Å². The van der Waals surface area contributed by atoms with E-state index < -0.39 is 20.7 Å². The van der Waals surface area contributed by atoms with Gasteiger partial charge in [-0.2, -0.15) is 0 Å². The van der Waals surface area contributed by atoms with Crippen LogP contribution in [0.25, 0.3) is 6.08 Å². The highest BCUT2D eigenvalue weighted by molar-refractivity contribution is 7.89. The van der Waals surface area contributed by atoms with Gasteiger partial charge in [-0.15, -0.1) is 0 Å². The third-order valence-electron chi connectivity index (χ3n) is 3.81. The van der Waals surface area contributed by atoms with Crippen LogP contribution in [0.3, 0.4) is 0 Å². The monoisotopic (exact) mass is 389 g/mol. The molecule has 0 spiro atoms. The third-order valence-corrected chi connectivity index (χ3v) is 5.62. The van der Waals surface area contributed by atoms with Gasteiger partial charge in [-0.05, 0) is 29.8 Å². The van der Waals surface area contributed by atoms with Gasteiger partial charge in [0.1, 0.15) is 5.69 Å². The number of sulfonamides is 1. The van der Waals surface area contributed by atoms with Gasteiger partial charge in [0.2, 0.25) is 10.0 Å². The van der Waals surface area contributed by atoms with E-state index in [0.29, 0.717) is 11.3 Å². The molecule has 1 N–H and O–H groups in total. The quantitative estimate of drug-likeness (QED) is 0.337. The molecule has 0 aromatic heterocycles. The number of carbonyl (C=O) groups is 1. The molecule has 0 heterocycles. The number of hydrogen-bond donors (Lipinski definition) is 1. The maximum absolute atomic E-state index is 12.4. The first kappa shape index (κ1) is 20.3. The molecule has 9 heteroatoms. The molecule has 0 bridgehead atoms. The van der Waals surface area contributed by atoms with Gasteiger partial charge >= 0.3 is 0 Å². The van der Waals surface area contributed by atoms with E-state index in [1.165, 1.54) is 56.6 Å². The molecule has 2 aromatic rings. The molecule has 0 radical (unpaired) electrons. The molecule has 2 rings (SSSR count). The van der Waals surface area contributed by atoms with Gasteiger partial charge in [0, 0.05) is 32.8 Å². The summed E-state index contributed by atoms with van der Waals surface area (Å²) in [4.78, 5) is 23.0. The molecular weight excluding hydrogens is 370 g/mol. The Bertz CT molecular complexity index is 1010. The molecule has 8 nitrogen and oxygen atoms in total. The predicted molar refractivity (Wildman–Crippen MR) is 103 cm³/mol. The van der Waals surface area contributed by atoms with Crippen molar-refractivity contribution in [1.82, 2.24) is 4.31 Å². The molecule has 2 aromatic carbocycles. The highest BCUT2D eigenvalue weighted by Crippen LogP contribution is 2.25. The van der Waals surface area contributed by atoms with Crippen molar-refractivity contribution in [1.29, 1.82) is 0 Å². The smallest absolute Gasteiger partial charge is 0.292 e. The Morgan fingerprint density at radius 3 is 2.48 bits per heavy atom. The highest BCUT2D eigenvalue weighted by atomic mass is 32.2. The number of nitrogens with one attached hydrogen (secondary N) is 1. The van der Waals surface area contributed by atoms with Crippen molar-refractivity contribution in [2.24, 2.45) is 0 Å². The van der Waals surface area contributed by atoms with Crippen LogP contribution in [0.1, 0.15) is 15.9 Å². The van der Waals surface area contributed by atoms with Crippen molar-refractivity contribution in [3.05, 3.63) is 69.8 Å². The number of nitrogens with zero attached hydrogens (tertiary/aromatic N) is 2. The fraction of sp³-hybridized carbons (Fsp3) is 0.167. The summed E-state index contributed by atoms with van der Waals surface area (Å²) >= 11 is 0. The zero-order valence-electron chi connectivity index (χ0n) is 15.0. The summed E-state index contributed by atoms with van der Waals surface area (Å²) in [5.74, 6) is -0.411. The van der Waals surface area contributed by atoms with Crippen LogP contribution in [-0.4, -0.2) is 44.6 Å². The second-order valence-corrected chi connectivity index (χ2v) is 7.95. The summed E-state index contributed by atoms with van der Waals surface area (Å²) < 4.78 is 25.4. The van der Waals surface area contributed by atoms with Crippen molar-refractivity contribution in [2.75, 3.05) is 26.5 Å². The SMILES string of the molecule is CNc1ccc(/C=C/C(=O)c2cccc(S(=O)(=O)N(C)C)c2)cc1[N+](=O)[O-]. The fourth-order valence-corrected chi connectivity index (χ4v) is 3.25. The number of ketones is 1. The first-order valence-electron chi connectivity index (χ1n) is 7.88. The number of anilines is 1. The second kappa shape index (κ2) is 8.11. The van der Waals surface area contributed by atoms with Crippen LogP contribution in [0.2, 0.25) is 0 Å². The number of hydrogen-bond acceptors (Lipinski definition) is 6. The molecule has 27 heavy (non-hydrogen) atoms. The topological polar surface area (TPSA) is 110 Å². The zero-order chi connectivity index (χ0) is 20.2. The van der Waals surface area contributed by atoms with E-state index in [9.17, 15) is 23.3 Å². The van der Waals surface area contributed by atoms with E-state index in [1.807, 2.05) is 0 Å². The van der Waals surface area contributed by atoms with Crippen LogP contribution < -0.4 is 5.32 Å². The molecule has 0 amide bonds. The first-order valence-corrected chi connectivity index (χ1v) is 9.32. The van der Waals surface area contributed by atoms with Crippen LogP contribution in [0.4, 0.5) is 11.4 Å². The highest BCUT2D eigenvalue weighted by Gasteiger charge is 2.18. The summed E-state index contributed by atoms with van der Waals surface area (Å²) in [6.45, 7) is 0. The van der Waals surface area contributed by atoms with Crippen LogP contribution in [-0.2, 0) is 10.0 Å². The average Bonchev–Trinajstić information content (AvgIpc) is 2.65. The Labute approximate surface area is 157 Å². The van der Waals surface area contributed by atoms with Gasteiger partial charge in [0.05, 0.1) is 9.82 Å². The Balaban J connectivity index is 2.30. The lowest BCUT2D eigenvalue weighted by Gasteiger charge is -2.11. The first-order chi connectivity index (χ1) is 12.7. The summed E-state index contributed by atoms with van der Waals surface area (Å²) in [5.41, 5.74) is 0.942. The summed E-state index contributed by atoms with van der Waals surface area (Å²) in [7, 11) is 0.748. The Morgan fingerprint density at radius 1 is 1.19 bits per heavy atom. The van der Waals surface area contributed by atoms with Crippen LogP contribution >= 0.6 is 0 Å². The average molecular weight is 389 g/mol. The second-order valence-electron chi connectivity index (χ2n) is 5.80. The third kappa shape index (κ3) is 4.57. The molecule has 0 saturated heterocycles. The molecule has 0 atom stereocenters. The van der Waals surface area contributed by atoms with E-state index in [-0.39, 0.29) is 16.1 Å². The van der Waals surface area contributed by atoms with Gasteiger partial charge in [-0.3, -0.25) is 14.9 Å². The normalized spacial score (nSPS) is 11.7. The molecule has 0 fully saturated rings. The van der Waals surface area contributed by atoms with Gasteiger partial charge < -0.3 is 5.32 Å².